The molecule has 0 unspecified atom stereocenters. The van der Waals surface area contributed by atoms with Gasteiger partial charge in [0.2, 0.25) is 0 Å². The molecule has 0 bridgehead atoms. The number of halogens is 13. The van der Waals surface area contributed by atoms with Crippen molar-refractivity contribution in [2.75, 3.05) is 18.8 Å². The van der Waals surface area contributed by atoms with Gasteiger partial charge in [0.05, 0.1) is 0 Å². The summed E-state index contributed by atoms with van der Waals surface area (Å²) in [6, 6.07) is 0. The third-order valence-electron chi connectivity index (χ3n) is 3.13. The summed E-state index contributed by atoms with van der Waals surface area (Å²) in [5, 5.41) is 2.04. The van der Waals surface area contributed by atoms with Gasteiger partial charge in [0, 0.05) is 13.0 Å². The van der Waals surface area contributed by atoms with E-state index in [1.165, 1.54) is 0 Å². The van der Waals surface area contributed by atoms with E-state index in [0.717, 1.165) is 0 Å². The molecule has 15 heteroatoms. The zero-order valence-corrected chi connectivity index (χ0v) is 13.3. The minimum atomic E-state index is -7.84. The van der Waals surface area contributed by atoms with E-state index in [2.05, 4.69) is 12.6 Å². The fourth-order valence-corrected chi connectivity index (χ4v) is 1.69. The molecule has 0 aliphatic heterocycles. The molecule has 26 heavy (non-hydrogen) atoms. The van der Waals surface area contributed by atoms with E-state index in [9.17, 15) is 57.1 Å². The zero-order valence-electron chi connectivity index (χ0n) is 12.4. The zero-order chi connectivity index (χ0) is 21.2. The standard InChI is InChI=1S/C11H12F13NS/c12-6(13,2-4-25-3-1-5-26)7(14,15)8(16,17)9(18,19)10(20,21)11(22,23)24/h25-26H,1-5H2. The highest BCUT2D eigenvalue weighted by atomic mass is 32.1. The van der Waals surface area contributed by atoms with Gasteiger partial charge < -0.3 is 5.32 Å². The highest BCUT2D eigenvalue weighted by Crippen LogP contribution is 2.60. The van der Waals surface area contributed by atoms with Crippen molar-refractivity contribution in [1.82, 2.24) is 5.32 Å². The number of thiol groups is 1. The minimum absolute atomic E-state index is 0.107. The van der Waals surface area contributed by atoms with Crippen LogP contribution in [0, 0.1) is 0 Å². The maximum Gasteiger partial charge on any atom is 0.460 e. The van der Waals surface area contributed by atoms with E-state index < -0.39 is 48.8 Å². The molecule has 158 valence electrons. The van der Waals surface area contributed by atoms with Crippen LogP contribution in [-0.4, -0.2) is 54.6 Å². The van der Waals surface area contributed by atoms with Crippen molar-refractivity contribution in [2.45, 2.75) is 48.6 Å². The number of hydrogen-bond acceptors (Lipinski definition) is 2. The highest BCUT2D eigenvalue weighted by molar-refractivity contribution is 7.80. The lowest BCUT2D eigenvalue weighted by Gasteiger charge is -2.39. The van der Waals surface area contributed by atoms with Crippen LogP contribution in [0.2, 0.25) is 0 Å². The van der Waals surface area contributed by atoms with Crippen molar-refractivity contribution < 1.29 is 57.1 Å². The Balaban J connectivity index is 5.64. The molecule has 0 saturated heterocycles. The summed E-state index contributed by atoms with van der Waals surface area (Å²) >= 11 is 3.69. The van der Waals surface area contributed by atoms with E-state index in [4.69, 9.17) is 0 Å². The van der Waals surface area contributed by atoms with E-state index >= 15 is 0 Å². The molecule has 1 nitrogen and oxygen atoms in total. The first-order chi connectivity index (χ1) is 11.3. The maximum atomic E-state index is 13.3. The van der Waals surface area contributed by atoms with Crippen molar-refractivity contribution in [3.05, 3.63) is 0 Å². The molecule has 0 aliphatic carbocycles. The molecule has 0 atom stereocenters. The average Bonchev–Trinajstić information content (AvgIpc) is 2.44. The summed E-state index contributed by atoms with van der Waals surface area (Å²) in [5.74, 6) is -36.2. The Labute approximate surface area is 143 Å². The fourth-order valence-electron chi connectivity index (χ4n) is 1.53. The molecular weight excluding hydrogens is 425 g/mol. The molecule has 0 aromatic carbocycles. The van der Waals surface area contributed by atoms with Gasteiger partial charge in [0.25, 0.3) is 0 Å². The first kappa shape index (κ1) is 25.4. The quantitative estimate of drug-likeness (QED) is 0.278. The van der Waals surface area contributed by atoms with E-state index in [-0.39, 0.29) is 18.7 Å². The normalized spacial score (nSPS) is 15.5. The summed E-state index contributed by atoms with van der Waals surface area (Å²) < 4.78 is 166. The van der Waals surface area contributed by atoms with Crippen molar-refractivity contribution in [3.63, 3.8) is 0 Å². The van der Waals surface area contributed by atoms with Crippen molar-refractivity contribution in [3.8, 4) is 0 Å². The molecule has 0 heterocycles. The Hall–Kier alpha value is -0.600. The second-order valence-corrected chi connectivity index (χ2v) is 5.52. The summed E-state index contributed by atoms with van der Waals surface area (Å²) in [5.41, 5.74) is 0. The van der Waals surface area contributed by atoms with Crippen LogP contribution in [0.3, 0.4) is 0 Å². The Morgan fingerprint density at radius 2 is 1.00 bits per heavy atom. The molecular formula is C11H12F13NS. The molecule has 0 fully saturated rings. The third-order valence-corrected chi connectivity index (χ3v) is 3.44. The lowest BCUT2D eigenvalue weighted by molar-refractivity contribution is -0.440. The van der Waals surface area contributed by atoms with Crippen LogP contribution < -0.4 is 5.32 Å². The molecule has 0 aromatic rings. The van der Waals surface area contributed by atoms with E-state index in [1.54, 1.807) is 0 Å². The SMILES string of the molecule is FC(F)(F)C(F)(F)C(F)(F)C(F)(F)C(F)(F)C(F)(F)CCNCCCS. The first-order valence-electron chi connectivity index (χ1n) is 6.58. The number of rotatable bonds is 10. The predicted octanol–water partition coefficient (Wildman–Crippen LogP) is 5.02. The van der Waals surface area contributed by atoms with Crippen LogP contribution in [0.25, 0.3) is 0 Å². The monoisotopic (exact) mass is 437 g/mol. The molecule has 0 spiro atoms. The van der Waals surface area contributed by atoms with Gasteiger partial charge in [-0.15, -0.1) is 0 Å². The summed E-state index contributed by atoms with van der Waals surface area (Å²) in [4.78, 5) is 0. The summed E-state index contributed by atoms with van der Waals surface area (Å²) in [6.45, 7) is -1.24. The third kappa shape index (κ3) is 4.28. The van der Waals surface area contributed by atoms with Gasteiger partial charge in [0.15, 0.2) is 0 Å². The lowest BCUT2D eigenvalue weighted by Crippen LogP contribution is -2.70. The maximum absolute atomic E-state index is 13.3. The molecule has 0 aliphatic rings. The van der Waals surface area contributed by atoms with Gasteiger partial charge in [-0.05, 0) is 18.7 Å². The van der Waals surface area contributed by atoms with Crippen LogP contribution in [-0.2, 0) is 0 Å². The Morgan fingerprint density at radius 1 is 0.577 bits per heavy atom. The summed E-state index contributed by atoms with van der Waals surface area (Å²) in [6.07, 6.45) is -9.40. The van der Waals surface area contributed by atoms with Crippen LogP contribution >= 0.6 is 12.6 Å². The average molecular weight is 437 g/mol. The minimum Gasteiger partial charge on any atom is -0.316 e. The number of hydrogen-bond donors (Lipinski definition) is 2. The molecule has 0 aromatic heterocycles. The van der Waals surface area contributed by atoms with E-state index in [0.29, 0.717) is 0 Å². The van der Waals surface area contributed by atoms with Crippen LogP contribution in [0.1, 0.15) is 12.8 Å². The Morgan fingerprint density at radius 3 is 1.38 bits per heavy atom. The molecule has 0 rings (SSSR count). The van der Waals surface area contributed by atoms with Crippen molar-refractivity contribution in [1.29, 1.82) is 0 Å². The number of nitrogens with one attached hydrogen (secondary N) is 1. The smallest absolute Gasteiger partial charge is 0.316 e. The van der Waals surface area contributed by atoms with Gasteiger partial charge in [-0.25, -0.2) is 0 Å². The van der Waals surface area contributed by atoms with Crippen LogP contribution in [0.15, 0.2) is 0 Å². The van der Waals surface area contributed by atoms with Crippen molar-refractivity contribution in [2.24, 2.45) is 0 Å². The van der Waals surface area contributed by atoms with Gasteiger partial charge in [-0.1, -0.05) is 0 Å². The first-order valence-corrected chi connectivity index (χ1v) is 7.22. The summed E-state index contributed by atoms with van der Waals surface area (Å²) in [7, 11) is 0. The van der Waals surface area contributed by atoms with Gasteiger partial charge in [-0.2, -0.15) is 69.7 Å². The molecule has 0 saturated carbocycles. The largest absolute Gasteiger partial charge is 0.460 e. The van der Waals surface area contributed by atoms with Crippen LogP contribution in [0.5, 0.6) is 0 Å². The molecule has 0 amide bonds. The lowest BCUT2D eigenvalue weighted by atomic mass is 9.92. The fraction of sp³-hybridized carbons (Fsp3) is 1.00. The van der Waals surface area contributed by atoms with Gasteiger partial charge >= 0.3 is 35.8 Å². The molecule has 1 N–H and O–H groups in total. The molecule has 0 radical (unpaired) electrons. The van der Waals surface area contributed by atoms with E-state index in [1.807, 2.05) is 5.32 Å². The van der Waals surface area contributed by atoms with Gasteiger partial charge in [0.1, 0.15) is 0 Å². The second kappa shape index (κ2) is 7.80. The topological polar surface area (TPSA) is 12.0 Å². The van der Waals surface area contributed by atoms with Crippen molar-refractivity contribution >= 4 is 12.6 Å². The highest BCUT2D eigenvalue weighted by Gasteiger charge is 2.90. The second-order valence-electron chi connectivity index (χ2n) is 5.08. The Kier molecular flexibility index (Phi) is 7.62. The Bertz CT molecular complexity index is 459. The van der Waals surface area contributed by atoms with Gasteiger partial charge in [-0.3, -0.25) is 0 Å². The van der Waals surface area contributed by atoms with Crippen LogP contribution in [0.4, 0.5) is 57.1 Å². The predicted molar refractivity (Wildman–Crippen MR) is 66.7 cm³/mol. The number of alkyl halides is 13.